The van der Waals surface area contributed by atoms with E-state index in [1.54, 1.807) is 15.8 Å². The molecule has 30 heavy (non-hydrogen) atoms. The van der Waals surface area contributed by atoms with Gasteiger partial charge in [-0.1, -0.05) is 48.0 Å². The number of carbonyl (C=O) groups excluding carboxylic acids is 2. The molecule has 3 aromatic rings. The van der Waals surface area contributed by atoms with Crippen molar-refractivity contribution in [3.63, 3.8) is 0 Å². The van der Waals surface area contributed by atoms with Gasteiger partial charge in [0.05, 0.1) is 18.4 Å². The summed E-state index contributed by atoms with van der Waals surface area (Å²) in [6.07, 6.45) is 1.78. The van der Waals surface area contributed by atoms with E-state index in [1.807, 2.05) is 61.5 Å². The third-order valence-corrected chi connectivity index (χ3v) is 6.27. The lowest BCUT2D eigenvalue weighted by molar-refractivity contribution is -0.140. The summed E-state index contributed by atoms with van der Waals surface area (Å²) in [7, 11) is 1.38. The first kappa shape index (κ1) is 20.2. The summed E-state index contributed by atoms with van der Waals surface area (Å²) in [5, 5.41) is 4.38. The highest BCUT2D eigenvalue weighted by atomic mass is 32.2. The predicted molar refractivity (Wildman–Crippen MR) is 118 cm³/mol. The van der Waals surface area contributed by atoms with Crippen LogP contribution in [0.25, 0.3) is 16.9 Å². The number of methoxy groups -OCH3 is 1. The van der Waals surface area contributed by atoms with Crippen LogP contribution in [0.1, 0.15) is 15.9 Å². The monoisotopic (exact) mass is 421 g/mol. The van der Waals surface area contributed by atoms with E-state index in [2.05, 4.69) is 0 Å². The third-order valence-electron chi connectivity index (χ3n) is 5.11. The van der Waals surface area contributed by atoms with Crippen molar-refractivity contribution in [2.45, 2.75) is 12.2 Å². The van der Waals surface area contributed by atoms with Gasteiger partial charge in [0.1, 0.15) is 10.9 Å². The number of esters is 1. The Balaban J connectivity index is 1.72. The van der Waals surface area contributed by atoms with Crippen LogP contribution in [-0.2, 0) is 9.53 Å². The summed E-state index contributed by atoms with van der Waals surface area (Å²) < 4.78 is 6.61. The van der Waals surface area contributed by atoms with Crippen LogP contribution in [0, 0.1) is 6.92 Å². The summed E-state index contributed by atoms with van der Waals surface area (Å²) in [6, 6.07) is 17.7. The van der Waals surface area contributed by atoms with E-state index < -0.39 is 0 Å². The molecular formula is C23H23N3O3S. The lowest BCUT2D eigenvalue weighted by Gasteiger charge is -2.30. The molecule has 1 aliphatic rings. The average molecular weight is 422 g/mol. The van der Waals surface area contributed by atoms with Crippen molar-refractivity contribution >= 4 is 23.6 Å². The number of thioether (sulfide) groups is 1. The number of rotatable bonds is 4. The Kier molecular flexibility index (Phi) is 5.90. The molecule has 7 heteroatoms. The molecule has 1 aliphatic heterocycles. The van der Waals surface area contributed by atoms with Crippen molar-refractivity contribution < 1.29 is 14.3 Å². The van der Waals surface area contributed by atoms with Gasteiger partial charge in [-0.05, 0) is 19.1 Å². The summed E-state index contributed by atoms with van der Waals surface area (Å²) in [6.45, 7) is 2.94. The molecule has 0 bridgehead atoms. The SMILES string of the molecule is COC(=O)[C@H]1CN(C(=O)c2cn(-c3ccccc3)nc2-c2ccc(C)cc2)CCS1. The quantitative estimate of drug-likeness (QED) is 0.603. The highest BCUT2D eigenvalue weighted by molar-refractivity contribution is 8.00. The molecule has 1 amide bonds. The molecule has 2 aromatic carbocycles. The molecule has 0 unspecified atom stereocenters. The van der Waals surface area contributed by atoms with E-state index in [0.29, 0.717) is 30.1 Å². The van der Waals surface area contributed by atoms with Gasteiger partial charge in [-0.25, -0.2) is 4.68 Å². The lowest BCUT2D eigenvalue weighted by Crippen LogP contribution is -2.45. The number of carbonyl (C=O) groups is 2. The minimum Gasteiger partial charge on any atom is -0.468 e. The smallest absolute Gasteiger partial charge is 0.320 e. The Hall–Kier alpha value is -3.06. The Morgan fingerprint density at radius 1 is 1.10 bits per heavy atom. The minimum absolute atomic E-state index is 0.123. The second kappa shape index (κ2) is 8.75. The van der Waals surface area contributed by atoms with Crippen molar-refractivity contribution in [2.75, 3.05) is 26.0 Å². The van der Waals surface area contributed by atoms with E-state index in [1.165, 1.54) is 18.9 Å². The average Bonchev–Trinajstić information content (AvgIpc) is 3.24. The maximum atomic E-state index is 13.5. The summed E-state index contributed by atoms with van der Waals surface area (Å²) in [5.41, 5.74) is 4.07. The first-order valence-electron chi connectivity index (χ1n) is 9.77. The fourth-order valence-corrected chi connectivity index (χ4v) is 4.57. The van der Waals surface area contributed by atoms with Gasteiger partial charge in [-0.2, -0.15) is 5.10 Å². The van der Waals surface area contributed by atoms with Crippen LogP contribution in [0.4, 0.5) is 0 Å². The molecule has 0 saturated carbocycles. The van der Waals surface area contributed by atoms with Gasteiger partial charge in [-0.3, -0.25) is 9.59 Å². The highest BCUT2D eigenvalue weighted by Crippen LogP contribution is 2.27. The molecule has 0 spiro atoms. The van der Waals surface area contributed by atoms with Crippen molar-refractivity contribution in [3.05, 3.63) is 71.9 Å². The third kappa shape index (κ3) is 4.11. The van der Waals surface area contributed by atoms with E-state index in [9.17, 15) is 9.59 Å². The molecule has 6 nitrogen and oxygen atoms in total. The van der Waals surface area contributed by atoms with Gasteiger partial charge in [0, 0.05) is 30.6 Å². The number of nitrogens with zero attached hydrogens (tertiary/aromatic N) is 3. The van der Waals surface area contributed by atoms with Crippen molar-refractivity contribution in [3.8, 4) is 16.9 Å². The summed E-state index contributed by atoms with van der Waals surface area (Å²) >= 11 is 1.53. The molecule has 2 heterocycles. The zero-order valence-corrected chi connectivity index (χ0v) is 17.8. The predicted octanol–water partition coefficient (Wildman–Crippen LogP) is 3.58. The van der Waals surface area contributed by atoms with Crippen LogP contribution in [0.3, 0.4) is 0 Å². The number of aryl methyl sites for hydroxylation is 1. The number of hydrogen-bond donors (Lipinski definition) is 0. The molecule has 1 atom stereocenters. The molecule has 0 radical (unpaired) electrons. The van der Waals surface area contributed by atoms with Gasteiger partial charge in [0.2, 0.25) is 0 Å². The minimum atomic E-state index is -0.361. The summed E-state index contributed by atoms with van der Waals surface area (Å²) in [4.78, 5) is 27.2. The standard InChI is InChI=1S/C23H23N3O3S/c1-16-8-10-17(11-9-16)21-19(14-26(24-21)18-6-4-3-5-7-18)22(27)25-12-13-30-20(15-25)23(28)29-2/h3-11,14,20H,12-13,15H2,1-2H3/t20-/m1/s1. The van der Waals surface area contributed by atoms with Crippen LogP contribution < -0.4 is 0 Å². The number of aromatic nitrogens is 2. The lowest BCUT2D eigenvalue weighted by atomic mass is 10.1. The van der Waals surface area contributed by atoms with Gasteiger partial charge in [-0.15, -0.1) is 11.8 Å². The Bertz CT molecular complexity index is 1050. The fraction of sp³-hybridized carbons (Fsp3) is 0.261. The van der Waals surface area contributed by atoms with Crippen LogP contribution >= 0.6 is 11.8 Å². The van der Waals surface area contributed by atoms with Gasteiger partial charge in [0.25, 0.3) is 5.91 Å². The van der Waals surface area contributed by atoms with E-state index in [-0.39, 0.29) is 17.1 Å². The fourth-order valence-electron chi connectivity index (χ4n) is 3.45. The second-order valence-corrected chi connectivity index (χ2v) is 8.48. The number of amides is 1. The zero-order chi connectivity index (χ0) is 21.1. The molecular weight excluding hydrogens is 398 g/mol. The molecule has 0 N–H and O–H groups in total. The molecule has 1 aromatic heterocycles. The van der Waals surface area contributed by atoms with E-state index in [0.717, 1.165) is 16.8 Å². The highest BCUT2D eigenvalue weighted by Gasteiger charge is 2.32. The van der Waals surface area contributed by atoms with Crippen LogP contribution in [-0.4, -0.2) is 57.8 Å². The number of benzene rings is 2. The van der Waals surface area contributed by atoms with E-state index >= 15 is 0 Å². The molecule has 1 fully saturated rings. The summed E-state index contributed by atoms with van der Waals surface area (Å²) in [5.74, 6) is 0.274. The number of hydrogen-bond acceptors (Lipinski definition) is 5. The second-order valence-electron chi connectivity index (χ2n) is 7.17. The number of ether oxygens (including phenoxy) is 1. The first-order valence-corrected chi connectivity index (χ1v) is 10.8. The zero-order valence-electron chi connectivity index (χ0n) is 16.9. The van der Waals surface area contributed by atoms with Crippen LogP contribution in [0.5, 0.6) is 0 Å². The Labute approximate surface area is 179 Å². The maximum absolute atomic E-state index is 13.5. The van der Waals surface area contributed by atoms with E-state index in [4.69, 9.17) is 9.84 Å². The molecule has 4 rings (SSSR count). The van der Waals surface area contributed by atoms with Crippen molar-refractivity contribution in [1.29, 1.82) is 0 Å². The topological polar surface area (TPSA) is 64.4 Å². The maximum Gasteiger partial charge on any atom is 0.320 e. The van der Waals surface area contributed by atoms with Crippen molar-refractivity contribution in [2.24, 2.45) is 0 Å². The molecule has 154 valence electrons. The van der Waals surface area contributed by atoms with Gasteiger partial charge in [0.15, 0.2) is 0 Å². The Morgan fingerprint density at radius 3 is 2.53 bits per heavy atom. The van der Waals surface area contributed by atoms with Crippen LogP contribution in [0.15, 0.2) is 60.8 Å². The number of para-hydroxylation sites is 1. The van der Waals surface area contributed by atoms with Crippen LogP contribution in [0.2, 0.25) is 0 Å². The van der Waals surface area contributed by atoms with Gasteiger partial charge >= 0.3 is 5.97 Å². The largest absolute Gasteiger partial charge is 0.468 e. The molecule has 1 saturated heterocycles. The normalized spacial score (nSPS) is 16.3. The molecule has 0 aliphatic carbocycles. The van der Waals surface area contributed by atoms with Crippen molar-refractivity contribution in [1.82, 2.24) is 14.7 Å². The Morgan fingerprint density at radius 2 is 1.83 bits per heavy atom. The first-order chi connectivity index (χ1) is 14.6. The van der Waals surface area contributed by atoms with Gasteiger partial charge < -0.3 is 9.64 Å².